The van der Waals surface area contributed by atoms with E-state index in [1.807, 2.05) is 6.92 Å². The molecule has 0 radical (unpaired) electrons. The molecule has 0 atom stereocenters. The van der Waals surface area contributed by atoms with Gasteiger partial charge >= 0.3 is 0 Å². The fourth-order valence-corrected chi connectivity index (χ4v) is 1.65. The Morgan fingerprint density at radius 3 is 2.39 bits per heavy atom. The predicted octanol–water partition coefficient (Wildman–Crippen LogP) is 0.727. The number of carbonyl (C=O) groups excluding carboxylic acids is 3. The second kappa shape index (κ2) is 9.50. The van der Waals surface area contributed by atoms with E-state index in [2.05, 4.69) is 16.0 Å². The van der Waals surface area contributed by atoms with Gasteiger partial charge in [-0.3, -0.25) is 14.4 Å². The second-order valence-electron chi connectivity index (χ2n) is 4.76. The molecule has 3 N–H and O–H groups in total. The van der Waals surface area contributed by atoms with Gasteiger partial charge in [-0.2, -0.15) is 0 Å². The smallest absolute Gasteiger partial charge is 0.254 e. The Morgan fingerprint density at radius 1 is 1.00 bits per heavy atom. The van der Waals surface area contributed by atoms with E-state index in [-0.39, 0.29) is 31.0 Å². The van der Waals surface area contributed by atoms with Crippen LogP contribution < -0.4 is 16.0 Å². The lowest BCUT2D eigenvalue weighted by molar-refractivity contribution is -0.126. The Hall–Kier alpha value is -2.51. The molecule has 3 amide bonds. The van der Waals surface area contributed by atoms with Crippen molar-refractivity contribution in [1.82, 2.24) is 16.0 Å². The van der Waals surface area contributed by atoms with E-state index in [9.17, 15) is 23.2 Å². The molecule has 0 bridgehead atoms. The van der Waals surface area contributed by atoms with Crippen molar-refractivity contribution in [3.8, 4) is 0 Å². The zero-order chi connectivity index (χ0) is 17.2. The highest BCUT2D eigenvalue weighted by atomic mass is 19.1. The van der Waals surface area contributed by atoms with E-state index in [0.29, 0.717) is 12.6 Å². The van der Waals surface area contributed by atoms with Crippen molar-refractivity contribution in [3.63, 3.8) is 0 Å². The van der Waals surface area contributed by atoms with Crippen molar-refractivity contribution >= 4 is 17.7 Å². The first-order valence-corrected chi connectivity index (χ1v) is 7.20. The van der Waals surface area contributed by atoms with Crippen LogP contribution in [0.4, 0.5) is 8.78 Å². The SMILES string of the molecule is CCCNC(=O)CNC(=O)CCNC(=O)c1ccc(F)cc1F. The summed E-state index contributed by atoms with van der Waals surface area (Å²) < 4.78 is 26.1. The lowest BCUT2D eigenvalue weighted by Crippen LogP contribution is -2.38. The molecule has 0 saturated carbocycles. The number of carbonyl (C=O) groups is 3. The van der Waals surface area contributed by atoms with E-state index in [1.54, 1.807) is 0 Å². The van der Waals surface area contributed by atoms with Crippen LogP contribution in [0.1, 0.15) is 30.1 Å². The molecule has 0 heterocycles. The number of amides is 3. The average Bonchev–Trinajstić information content (AvgIpc) is 2.50. The molecule has 1 aromatic rings. The van der Waals surface area contributed by atoms with E-state index in [1.165, 1.54) is 0 Å². The summed E-state index contributed by atoms with van der Waals surface area (Å²) in [5.74, 6) is -3.20. The van der Waals surface area contributed by atoms with Crippen LogP contribution in [0.25, 0.3) is 0 Å². The van der Waals surface area contributed by atoms with Crippen LogP contribution in [-0.2, 0) is 9.59 Å². The molecule has 23 heavy (non-hydrogen) atoms. The first-order valence-electron chi connectivity index (χ1n) is 7.20. The Labute approximate surface area is 132 Å². The standard InChI is InChI=1S/C15H19F2N3O3/c1-2-6-18-14(22)9-20-13(21)5-7-19-15(23)11-4-3-10(16)8-12(11)17/h3-4,8H,2,5-7,9H2,1H3,(H,18,22)(H,19,23)(H,20,21). The van der Waals surface area contributed by atoms with Gasteiger partial charge < -0.3 is 16.0 Å². The summed E-state index contributed by atoms with van der Waals surface area (Å²) in [4.78, 5) is 34.4. The highest BCUT2D eigenvalue weighted by Crippen LogP contribution is 2.09. The van der Waals surface area contributed by atoms with Crippen molar-refractivity contribution in [3.05, 3.63) is 35.4 Å². The largest absolute Gasteiger partial charge is 0.355 e. The normalized spacial score (nSPS) is 10.0. The van der Waals surface area contributed by atoms with Gasteiger partial charge in [-0.25, -0.2) is 8.78 Å². The first kappa shape index (κ1) is 18.5. The third-order valence-electron chi connectivity index (χ3n) is 2.83. The van der Waals surface area contributed by atoms with Gasteiger partial charge in [-0.15, -0.1) is 0 Å². The van der Waals surface area contributed by atoms with Gasteiger partial charge in [0.05, 0.1) is 12.1 Å². The number of rotatable bonds is 8. The topological polar surface area (TPSA) is 87.3 Å². The van der Waals surface area contributed by atoms with E-state index in [0.717, 1.165) is 18.6 Å². The lowest BCUT2D eigenvalue weighted by atomic mass is 10.2. The van der Waals surface area contributed by atoms with Crippen molar-refractivity contribution in [2.45, 2.75) is 19.8 Å². The van der Waals surface area contributed by atoms with Crippen LogP contribution in [0.2, 0.25) is 0 Å². The van der Waals surface area contributed by atoms with Crippen LogP contribution in [0.5, 0.6) is 0 Å². The summed E-state index contributed by atoms with van der Waals surface area (Å²) in [6.45, 7) is 2.27. The highest BCUT2D eigenvalue weighted by molar-refractivity contribution is 5.94. The molecule has 8 heteroatoms. The Morgan fingerprint density at radius 2 is 1.74 bits per heavy atom. The Bertz CT molecular complexity index is 579. The van der Waals surface area contributed by atoms with E-state index in [4.69, 9.17) is 0 Å². The third kappa shape index (κ3) is 6.86. The van der Waals surface area contributed by atoms with E-state index >= 15 is 0 Å². The van der Waals surface area contributed by atoms with Gasteiger partial charge in [0, 0.05) is 25.6 Å². The molecule has 0 aliphatic carbocycles. The maximum Gasteiger partial charge on any atom is 0.254 e. The number of benzene rings is 1. The van der Waals surface area contributed by atoms with Gasteiger partial charge in [0.2, 0.25) is 11.8 Å². The Kier molecular flexibility index (Phi) is 7.65. The van der Waals surface area contributed by atoms with Crippen LogP contribution in [0.15, 0.2) is 18.2 Å². The summed E-state index contributed by atoms with van der Waals surface area (Å²) in [6.07, 6.45) is 0.737. The molecule has 0 aliphatic rings. The monoisotopic (exact) mass is 327 g/mol. The number of hydrogen-bond donors (Lipinski definition) is 3. The summed E-state index contributed by atoms with van der Waals surface area (Å²) in [5.41, 5.74) is -0.300. The minimum Gasteiger partial charge on any atom is -0.355 e. The van der Waals surface area contributed by atoms with Gasteiger partial charge in [0.15, 0.2) is 0 Å². The van der Waals surface area contributed by atoms with Crippen molar-refractivity contribution in [2.75, 3.05) is 19.6 Å². The van der Waals surface area contributed by atoms with Crippen molar-refractivity contribution in [2.24, 2.45) is 0 Å². The van der Waals surface area contributed by atoms with Crippen molar-refractivity contribution in [1.29, 1.82) is 0 Å². The molecule has 1 rings (SSSR count). The summed E-state index contributed by atoms with van der Waals surface area (Å²) in [7, 11) is 0. The molecule has 6 nitrogen and oxygen atoms in total. The lowest BCUT2D eigenvalue weighted by Gasteiger charge is -2.07. The zero-order valence-electron chi connectivity index (χ0n) is 12.7. The fourth-order valence-electron chi connectivity index (χ4n) is 1.65. The predicted molar refractivity (Wildman–Crippen MR) is 79.6 cm³/mol. The quantitative estimate of drug-likeness (QED) is 0.658. The van der Waals surface area contributed by atoms with Gasteiger partial charge in [0.1, 0.15) is 11.6 Å². The Balaban J connectivity index is 2.29. The molecule has 126 valence electrons. The fraction of sp³-hybridized carbons (Fsp3) is 0.400. The summed E-state index contributed by atoms with van der Waals surface area (Å²) in [5, 5.41) is 7.35. The van der Waals surface area contributed by atoms with E-state index < -0.39 is 23.4 Å². The van der Waals surface area contributed by atoms with Gasteiger partial charge in [-0.05, 0) is 18.6 Å². The molecule has 0 unspecified atom stereocenters. The molecular weight excluding hydrogens is 308 g/mol. The van der Waals surface area contributed by atoms with Gasteiger partial charge in [0.25, 0.3) is 5.91 Å². The van der Waals surface area contributed by atoms with Crippen molar-refractivity contribution < 1.29 is 23.2 Å². The molecular formula is C15H19F2N3O3. The average molecular weight is 327 g/mol. The molecule has 0 spiro atoms. The third-order valence-corrected chi connectivity index (χ3v) is 2.83. The number of hydrogen-bond acceptors (Lipinski definition) is 3. The maximum absolute atomic E-state index is 13.4. The van der Waals surface area contributed by atoms with Gasteiger partial charge in [-0.1, -0.05) is 6.92 Å². The van der Waals surface area contributed by atoms with Crippen LogP contribution in [-0.4, -0.2) is 37.4 Å². The summed E-state index contributed by atoms with van der Waals surface area (Å²) in [6, 6.07) is 2.61. The van der Waals surface area contributed by atoms with Crippen LogP contribution in [0.3, 0.4) is 0 Å². The minimum atomic E-state index is -0.973. The first-order chi connectivity index (χ1) is 10.9. The number of nitrogens with one attached hydrogen (secondary N) is 3. The van der Waals surface area contributed by atoms with Crippen LogP contribution in [0, 0.1) is 11.6 Å². The summed E-state index contributed by atoms with van der Waals surface area (Å²) >= 11 is 0. The molecule has 0 fully saturated rings. The van der Waals surface area contributed by atoms with Crippen LogP contribution >= 0.6 is 0 Å². The second-order valence-corrected chi connectivity index (χ2v) is 4.76. The molecule has 0 aliphatic heterocycles. The zero-order valence-corrected chi connectivity index (χ0v) is 12.7. The molecule has 0 aromatic heterocycles. The molecule has 0 saturated heterocycles. The maximum atomic E-state index is 13.4. The number of halogens is 2. The highest BCUT2D eigenvalue weighted by Gasteiger charge is 2.12. The minimum absolute atomic E-state index is 0.0297. The molecule has 1 aromatic carbocycles.